The molecule has 0 atom stereocenters. The highest BCUT2D eigenvalue weighted by Gasteiger charge is 2.19. The highest BCUT2D eigenvalue weighted by molar-refractivity contribution is 7.22. The first-order chi connectivity index (χ1) is 11.3. The molecule has 1 N–H and O–H groups in total. The summed E-state index contributed by atoms with van der Waals surface area (Å²) in [6, 6.07) is 5.30. The molecule has 1 aliphatic heterocycles. The van der Waals surface area contributed by atoms with Gasteiger partial charge in [0.25, 0.3) is 5.56 Å². The van der Waals surface area contributed by atoms with Gasteiger partial charge in [0, 0.05) is 38.4 Å². The minimum absolute atomic E-state index is 0.173. The van der Waals surface area contributed by atoms with Crippen molar-refractivity contribution in [2.24, 2.45) is 0 Å². The molecular formula is C15H16N6OS. The Morgan fingerprint density at radius 3 is 2.78 bits per heavy atom. The average Bonchev–Trinajstić information content (AvgIpc) is 2.85. The highest BCUT2D eigenvalue weighted by atomic mass is 32.1. The van der Waals surface area contributed by atoms with Crippen LogP contribution in [0.4, 0.5) is 10.9 Å². The molecule has 7 nitrogen and oxygen atoms in total. The molecule has 0 spiro atoms. The van der Waals surface area contributed by atoms with Crippen LogP contribution < -0.4 is 15.4 Å². The van der Waals surface area contributed by atoms with Crippen LogP contribution in [-0.2, 0) is 0 Å². The molecule has 0 radical (unpaired) electrons. The van der Waals surface area contributed by atoms with Crippen LogP contribution in [0.5, 0.6) is 0 Å². The molecule has 4 rings (SSSR count). The van der Waals surface area contributed by atoms with Crippen LogP contribution in [-0.4, -0.2) is 46.3 Å². The maximum Gasteiger partial charge on any atom is 0.264 e. The second-order valence-corrected chi connectivity index (χ2v) is 6.46. The maximum atomic E-state index is 11.1. The van der Waals surface area contributed by atoms with E-state index in [1.54, 1.807) is 23.6 Å². The summed E-state index contributed by atoms with van der Waals surface area (Å²) in [6.45, 7) is 3.62. The number of thiazole rings is 1. The van der Waals surface area contributed by atoms with E-state index in [1.807, 2.05) is 12.3 Å². The topological polar surface area (TPSA) is 78.0 Å². The lowest BCUT2D eigenvalue weighted by molar-refractivity contribution is 0.783. The van der Waals surface area contributed by atoms with Crippen molar-refractivity contribution < 1.29 is 0 Å². The van der Waals surface area contributed by atoms with Gasteiger partial charge in [-0.1, -0.05) is 11.3 Å². The summed E-state index contributed by atoms with van der Waals surface area (Å²) in [5, 5.41) is 7.67. The Hall–Kier alpha value is -2.48. The number of aromatic nitrogens is 4. The van der Waals surface area contributed by atoms with Crippen LogP contribution >= 0.6 is 11.3 Å². The van der Waals surface area contributed by atoms with E-state index in [0.717, 1.165) is 49.1 Å². The Kier molecular flexibility index (Phi) is 3.66. The third kappa shape index (κ3) is 2.89. The number of rotatable bonds is 2. The van der Waals surface area contributed by atoms with Gasteiger partial charge in [-0.15, -0.1) is 0 Å². The van der Waals surface area contributed by atoms with E-state index >= 15 is 0 Å². The van der Waals surface area contributed by atoms with Crippen molar-refractivity contribution in [2.45, 2.75) is 6.42 Å². The van der Waals surface area contributed by atoms with Crippen LogP contribution in [0.25, 0.3) is 10.2 Å². The largest absolute Gasteiger partial charge is 0.353 e. The van der Waals surface area contributed by atoms with Gasteiger partial charge in [-0.2, -0.15) is 5.10 Å². The number of anilines is 2. The monoisotopic (exact) mass is 328 g/mol. The van der Waals surface area contributed by atoms with Crippen LogP contribution in [0.15, 0.2) is 35.4 Å². The number of H-pyrrole nitrogens is 1. The fourth-order valence-corrected chi connectivity index (χ4v) is 3.74. The first kappa shape index (κ1) is 14.1. The number of fused-ring (bicyclic) bond motifs is 1. The molecule has 118 valence electrons. The van der Waals surface area contributed by atoms with Crippen molar-refractivity contribution in [3.05, 3.63) is 40.9 Å². The summed E-state index contributed by atoms with van der Waals surface area (Å²) < 4.78 is 1.17. The van der Waals surface area contributed by atoms with Crippen LogP contribution in [0.2, 0.25) is 0 Å². The van der Waals surface area contributed by atoms with Gasteiger partial charge >= 0.3 is 0 Å². The molecule has 3 aromatic rings. The molecule has 0 amide bonds. The van der Waals surface area contributed by atoms with E-state index in [4.69, 9.17) is 0 Å². The quantitative estimate of drug-likeness (QED) is 0.768. The zero-order valence-electron chi connectivity index (χ0n) is 12.5. The van der Waals surface area contributed by atoms with Gasteiger partial charge in [-0.3, -0.25) is 9.78 Å². The van der Waals surface area contributed by atoms with E-state index in [0.29, 0.717) is 0 Å². The van der Waals surface area contributed by atoms with Crippen LogP contribution in [0, 0.1) is 0 Å². The van der Waals surface area contributed by atoms with Gasteiger partial charge in [-0.05, 0) is 18.6 Å². The summed E-state index contributed by atoms with van der Waals surface area (Å²) in [7, 11) is 0. The number of nitrogens with zero attached hydrogens (tertiary/aromatic N) is 5. The third-order valence-corrected chi connectivity index (χ3v) is 5.03. The maximum absolute atomic E-state index is 11.1. The molecule has 3 aromatic heterocycles. The summed E-state index contributed by atoms with van der Waals surface area (Å²) in [4.78, 5) is 24.5. The van der Waals surface area contributed by atoms with Crippen LogP contribution in [0.3, 0.4) is 0 Å². The summed E-state index contributed by atoms with van der Waals surface area (Å²) in [5.74, 6) is 0.819. The van der Waals surface area contributed by atoms with Crippen LogP contribution in [0.1, 0.15) is 6.42 Å². The van der Waals surface area contributed by atoms with Crippen molar-refractivity contribution in [1.82, 2.24) is 20.2 Å². The first-order valence-corrected chi connectivity index (χ1v) is 8.37. The third-order valence-electron chi connectivity index (χ3n) is 3.93. The molecule has 8 heteroatoms. The van der Waals surface area contributed by atoms with Crippen molar-refractivity contribution in [3.8, 4) is 0 Å². The minimum atomic E-state index is -0.173. The number of aromatic amines is 1. The summed E-state index contributed by atoms with van der Waals surface area (Å²) >= 11 is 1.71. The standard InChI is InChI=1S/C15H16N6OS/c22-14-3-2-13(18-19-14)20-6-1-7-21(9-8-20)15-17-11-10-16-5-4-12(11)23-15/h2-5,10H,1,6-9H2,(H,19,22). The molecule has 0 bridgehead atoms. The lowest BCUT2D eigenvalue weighted by atomic mass is 10.4. The summed E-state index contributed by atoms with van der Waals surface area (Å²) in [6.07, 6.45) is 4.63. The fraction of sp³-hybridized carbons (Fsp3) is 0.333. The Balaban J connectivity index is 1.52. The predicted octanol–water partition coefficient (Wildman–Crippen LogP) is 1.49. The van der Waals surface area contributed by atoms with E-state index < -0.39 is 0 Å². The second-order valence-electron chi connectivity index (χ2n) is 5.45. The average molecular weight is 328 g/mol. The van der Waals surface area contributed by atoms with Gasteiger partial charge < -0.3 is 9.80 Å². The summed E-state index contributed by atoms with van der Waals surface area (Å²) in [5.41, 5.74) is 0.782. The Morgan fingerprint density at radius 2 is 1.96 bits per heavy atom. The van der Waals surface area contributed by atoms with E-state index in [2.05, 4.69) is 30.0 Å². The molecular weight excluding hydrogens is 312 g/mol. The second kappa shape index (κ2) is 5.96. The first-order valence-electron chi connectivity index (χ1n) is 7.56. The van der Waals surface area contributed by atoms with Gasteiger partial charge in [0.05, 0.1) is 10.9 Å². The zero-order valence-corrected chi connectivity index (χ0v) is 13.3. The molecule has 23 heavy (non-hydrogen) atoms. The Bertz CT molecular complexity index is 822. The number of hydrogen-bond acceptors (Lipinski definition) is 7. The number of nitrogens with one attached hydrogen (secondary N) is 1. The molecule has 0 aliphatic carbocycles. The van der Waals surface area contributed by atoms with Gasteiger partial charge in [0.2, 0.25) is 0 Å². The number of hydrogen-bond donors (Lipinski definition) is 1. The number of pyridine rings is 1. The lowest BCUT2D eigenvalue weighted by Crippen LogP contribution is -2.31. The molecule has 1 aliphatic rings. The SMILES string of the molecule is O=c1ccc(N2CCCN(c3nc4cnccc4s3)CC2)n[nH]1. The lowest BCUT2D eigenvalue weighted by Gasteiger charge is -2.21. The predicted molar refractivity (Wildman–Crippen MR) is 91.3 cm³/mol. The van der Waals surface area contributed by atoms with Crippen molar-refractivity contribution in [2.75, 3.05) is 36.0 Å². The van der Waals surface area contributed by atoms with Crippen molar-refractivity contribution >= 4 is 32.5 Å². The smallest absolute Gasteiger partial charge is 0.264 e. The Morgan fingerprint density at radius 1 is 1.09 bits per heavy atom. The van der Waals surface area contributed by atoms with Gasteiger partial charge in [0.15, 0.2) is 5.13 Å². The fourth-order valence-electron chi connectivity index (χ4n) is 2.75. The molecule has 4 heterocycles. The molecule has 0 aromatic carbocycles. The van der Waals surface area contributed by atoms with Crippen molar-refractivity contribution in [1.29, 1.82) is 0 Å². The van der Waals surface area contributed by atoms with Gasteiger partial charge in [0.1, 0.15) is 11.3 Å². The normalized spacial score (nSPS) is 15.8. The molecule has 0 unspecified atom stereocenters. The zero-order chi connectivity index (χ0) is 15.6. The molecule has 0 saturated carbocycles. The van der Waals surface area contributed by atoms with E-state index in [9.17, 15) is 4.79 Å². The van der Waals surface area contributed by atoms with E-state index in [1.165, 1.54) is 10.8 Å². The molecule has 1 saturated heterocycles. The van der Waals surface area contributed by atoms with Crippen molar-refractivity contribution in [3.63, 3.8) is 0 Å². The Labute approximate surface area is 136 Å². The van der Waals surface area contributed by atoms with Gasteiger partial charge in [-0.25, -0.2) is 10.1 Å². The van der Waals surface area contributed by atoms with E-state index in [-0.39, 0.29) is 5.56 Å². The minimum Gasteiger partial charge on any atom is -0.353 e. The highest BCUT2D eigenvalue weighted by Crippen LogP contribution is 2.28. The molecule has 1 fully saturated rings.